The van der Waals surface area contributed by atoms with E-state index >= 15 is 0 Å². The van der Waals surface area contributed by atoms with Crippen LogP contribution in [0.25, 0.3) is 0 Å². The van der Waals surface area contributed by atoms with Crippen molar-refractivity contribution in [2.45, 2.75) is 42.4 Å². The van der Waals surface area contributed by atoms with E-state index in [9.17, 15) is 22.8 Å². The molecule has 0 saturated carbocycles. The molecular formula is C20H23N5O5S2. The summed E-state index contributed by atoms with van der Waals surface area (Å²) in [6, 6.07) is 5.77. The molecule has 2 N–H and O–H groups in total. The predicted octanol–water partition coefficient (Wildman–Crippen LogP) is 0.890. The van der Waals surface area contributed by atoms with E-state index in [1.807, 2.05) is 0 Å². The maximum absolute atomic E-state index is 12.9. The van der Waals surface area contributed by atoms with Gasteiger partial charge in [0.05, 0.1) is 4.90 Å². The quantitative estimate of drug-likeness (QED) is 0.612. The van der Waals surface area contributed by atoms with Gasteiger partial charge in [0.1, 0.15) is 5.56 Å². The van der Waals surface area contributed by atoms with Gasteiger partial charge in [0.15, 0.2) is 5.16 Å². The minimum atomic E-state index is -3.68. The van der Waals surface area contributed by atoms with E-state index in [1.165, 1.54) is 45.9 Å². The van der Waals surface area contributed by atoms with Crippen LogP contribution in [0.1, 0.15) is 30.1 Å². The summed E-state index contributed by atoms with van der Waals surface area (Å²) >= 11 is 1.48. The van der Waals surface area contributed by atoms with Crippen molar-refractivity contribution in [3.05, 3.63) is 46.4 Å². The predicted molar refractivity (Wildman–Crippen MR) is 119 cm³/mol. The standard InChI is InChI=1S/C20H23N5O5S2/c1-13(26)22-14-2-4-16(5-3-14)32(29,30)24-8-6-15(7-9-24)23-18(27)17-12-21-20-25(19(17)28)10-11-31-20/h2-5,12,15H,6-11H2,1H3,(H,22,26)(H,23,27). The Kier molecular flexibility index (Phi) is 6.35. The smallest absolute Gasteiger partial charge is 0.267 e. The summed E-state index contributed by atoms with van der Waals surface area (Å²) in [5.74, 6) is 0.0440. The Labute approximate surface area is 189 Å². The highest BCUT2D eigenvalue weighted by atomic mass is 32.2. The number of anilines is 1. The van der Waals surface area contributed by atoms with E-state index in [0.29, 0.717) is 30.2 Å². The van der Waals surface area contributed by atoms with Crippen LogP contribution in [0.4, 0.5) is 5.69 Å². The van der Waals surface area contributed by atoms with Gasteiger partial charge in [-0.3, -0.25) is 19.0 Å². The molecule has 3 heterocycles. The molecule has 2 aliphatic rings. The molecule has 0 unspecified atom stereocenters. The van der Waals surface area contributed by atoms with Crippen molar-refractivity contribution in [3.63, 3.8) is 0 Å². The van der Waals surface area contributed by atoms with Crippen LogP contribution in [0.5, 0.6) is 0 Å². The number of amides is 2. The largest absolute Gasteiger partial charge is 0.349 e. The molecule has 32 heavy (non-hydrogen) atoms. The molecule has 0 atom stereocenters. The minimum Gasteiger partial charge on any atom is -0.349 e. The first-order valence-corrected chi connectivity index (χ1v) is 12.6. The Balaban J connectivity index is 1.37. The number of nitrogens with one attached hydrogen (secondary N) is 2. The number of aromatic nitrogens is 2. The summed E-state index contributed by atoms with van der Waals surface area (Å²) in [4.78, 5) is 40.6. The fourth-order valence-electron chi connectivity index (χ4n) is 3.74. The molecular weight excluding hydrogens is 454 g/mol. The maximum atomic E-state index is 12.9. The summed E-state index contributed by atoms with van der Waals surface area (Å²) in [5.41, 5.74) is 0.180. The van der Waals surface area contributed by atoms with Crippen molar-refractivity contribution >= 4 is 39.3 Å². The average Bonchev–Trinajstić information content (AvgIpc) is 3.24. The molecule has 2 aromatic rings. The summed E-state index contributed by atoms with van der Waals surface area (Å²) in [6.07, 6.45) is 2.18. The number of fused-ring (bicyclic) bond motifs is 1. The number of rotatable bonds is 5. The number of benzene rings is 1. The van der Waals surface area contributed by atoms with Gasteiger partial charge in [0.25, 0.3) is 11.5 Å². The van der Waals surface area contributed by atoms with Crippen molar-refractivity contribution < 1.29 is 18.0 Å². The van der Waals surface area contributed by atoms with Crippen LogP contribution >= 0.6 is 11.8 Å². The minimum absolute atomic E-state index is 0.00515. The second kappa shape index (κ2) is 9.04. The second-order valence-corrected chi connectivity index (χ2v) is 10.6. The zero-order valence-corrected chi connectivity index (χ0v) is 19.0. The Morgan fingerprint density at radius 2 is 1.81 bits per heavy atom. The molecule has 0 bridgehead atoms. The molecule has 0 spiro atoms. The molecule has 12 heteroatoms. The van der Waals surface area contributed by atoms with Gasteiger partial charge in [-0.1, -0.05) is 11.8 Å². The SMILES string of the molecule is CC(=O)Nc1ccc(S(=O)(=O)N2CCC(NC(=O)c3cnc4n(c3=O)CCS4)CC2)cc1. The first-order valence-electron chi connectivity index (χ1n) is 10.2. The topological polar surface area (TPSA) is 130 Å². The van der Waals surface area contributed by atoms with Crippen LogP contribution in [0.15, 0.2) is 45.3 Å². The van der Waals surface area contributed by atoms with Gasteiger partial charge in [-0.2, -0.15) is 4.31 Å². The maximum Gasteiger partial charge on any atom is 0.267 e. The van der Waals surface area contributed by atoms with Gasteiger partial charge in [0, 0.05) is 50.2 Å². The number of thioether (sulfide) groups is 1. The Bertz CT molecular complexity index is 1200. The summed E-state index contributed by atoms with van der Waals surface area (Å²) < 4.78 is 28.7. The number of nitrogens with zero attached hydrogens (tertiary/aromatic N) is 3. The van der Waals surface area contributed by atoms with Crippen molar-refractivity contribution in [2.75, 3.05) is 24.2 Å². The zero-order chi connectivity index (χ0) is 22.9. The van der Waals surface area contributed by atoms with E-state index in [0.717, 1.165) is 5.75 Å². The third-order valence-electron chi connectivity index (χ3n) is 5.40. The van der Waals surface area contributed by atoms with Gasteiger partial charge in [-0.15, -0.1) is 0 Å². The lowest BCUT2D eigenvalue weighted by Gasteiger charge is -2.31. The summed E-state index contributed by atoms with van der Waals surface area (Å²) in [5, 5.41) is 6.07. The lowest BCUT2D eigenvalue weighted by atomic mass is 10.1. The van der Waals surface area contributed by atoms with Gasteiger partial charge in [0.2, 0.25) is 15.9 Å². The number of piperidine rings is 1. The fraction of sp³-hybridized carbons (Fsp3) is 0.400. The number of carbonyl (C=O) groups excluding carboxylic acids is 2. The average molecular weight is 478 g/mol. The van der Waals surface area contributed by atoms with Gasteiger partial charge < -0.3 is 10.6 Å². The van der Waals surface area contributed by atoms with Crippen LogP contribution in [0.3, 0.4) is 0 Å². The fourth-order valence-corrected chi connectivity index (χ4v) is 6.12. The Morgan fingerprint density at radius 3 is 2.47 bits per heavy atom. The number of sulfonamides is 1. The van der Waals surface area contributed by atoms with Crippen LogP contribution in [0.2, 0.25) is 0 Å². The lowest BCUT2D eigenvalue weighted by Crippen LogP contribution is -2.47. The summed E-state index contributed by atoms with van der Waals surface area (Å²) in [6.45, 7) is 2.41. The van der Waals surface area contributed by atoms with Crippen molar-refractivity contribution in [1.82, 2.24) is 19.2 Å². The van der Waals surface area contributed by atoms with Crippen molar-refractivity contribution in [3.8, 4) is 0 Å². The molecule has 4 rings (SSSR count). The first-order chi connectivity index (χ1) is 15.3. The third kappa shape index (κ3) is 4.57. The van der Waals surface area contributed by atoms with Crippen LogP contribution < -0.4 is 16.2 Å². The zero-order valence-electron chi connectivity index (χ0n) is 17.4. The molecule has 2 amide bonds. The lowest BCUT2D eigenvalue weighted by molar-refractivity contribution is -0.114. The Morgan fingerprint density at radius 1 is 1.12 bits per heavy atom. The highest BCUT2D eigenvalue weighted by Crippen LogP contribution is 2.23. The molecule has 0 aliphatic carbocycles. The second-order valence-electron chi connectivity index (χ2n) is 7.62. The molecule has 1 fully saturated rings. The first kappa shape index (κ1) is 22.5. The van der Waals surface area contributed by atoms with E-state index in [-0.39, 0.29) is 41.1 Å². The normalized spacial score (nSPS) is 17.0. The molecule has 1 aromatic heterocycles. The van der Waals surface area contributed by atoms with Gasteiger partial charge >= 0.3 is 0 Å². The van der Waals surface area contributed by atoms with E-state index in [2.05, 4.69) is 15.6 Å². The van der Waals surface area contributed by atoms with Crippen molar-refractivity contribution in [1.29, 1.82) is 0 Å². The molecule has 170 valence electrons. The third-order valence-corrected chi connectivity index (χ3v) is 8.29. The number of hydrogen-bond donors (Lipinski definition) is 2. The molecule has 1 aromatic carbocycles. The van der Waals surface area contributed by atoms with Crippen LogP contribution in [-0.4, -0.2) is 59.0 Å². The monoisotopic (exact) mass is 477 g/mol. The van der Waals surface area contributed by atoms with E-state index in [1.54, 1.807) is 12.1 Å². The van der Waals surface area contributed by atoms with Crippen LogP contribution in [0, 0.1) is 0 Å². The molecule has 0 radical (unpaired) electrons. The molecule has 2 aliphatic heterocycles. The Hall–Kier alpha value is -2.70. The molecule has 10 nitrogen and oxygen atoms in total. The number of hydrogen-bond acceptors (Lipinski definition) is 7. The highest BCUT2D eigenvalue weighted by Gasteiger charge is 2.30. The van der Waals surface area contributed by atoms with E-state index < -0.39 is 15.9 Å². The van der Waals surface area contributed by atoms with E-state index in [4.69, 9.17) is 0 Å². The van der Waals surface area contributed by atoms with Gasteiger partial charge in [-0.25, -0.2) is 13.4 Å². The molecule has 1 saturated heterocycles. The summed E-state index contributed by atoms with van der Waals surface area (Å²) in [7, 11) is -3.68. The van der Waals surface area contributed by atoms with Crippen molar-refractivity contribution in [2.24, 2.45) is 0 Å². The van der Waals surface area contributed by atoms with Gasteiger partial charge in [-0.05, 0) is 37.1 Å². The number of carbonyl (C=O) groups is 2. The van der Waals surface area contributed by atoms with Crippen LogP contribution in [-0.2, 0) is 21.4 Å². The highest BCUT2D eigenvalue weighted by molar-refractivity contribution is 7.99.